The number of rotatable bonds is 7. The number of benzene rings is 2. The van der Waals surface area contributed by atoms with Crippen molar-refractivity contribution >= 4 is 5.91 Å². The Labute approximate surface area is 147 Å². The molecule has 0 spiro atoms. The number of nitrogens with zero attached hydrogens (tertiary/aromatic N) is 1. The molecule has 3 rings (SSSR count). The molecule has 0 unspecified atom stereocenters. The molecular weight excluding hydrogens is 320 g/mol. The summed E-state index contributed by atoms with van der Waals surface area (Å²) in [5.74, 6) is 1.95. The van der Waals surface area contributed by atoms with Gasteiger partial charge in [0.25, 0.3) is 5.91 Å². The van der Waals surface area contributed by atoms with Crippen molar-refractivity contribution < 1.29 is 19.0 Å². The molecule has 0 saturated carbocycles. The van der Waals surface area contributed by atoms with Gasteiger partial charge in [0, 0.05) is 18.7 Å². The van der Waals surface area contributed by atoms with Gasteiger partial charge in [0.05, 0.1) is 0 Å². The fourth-order valence-electron chi connectivity index (χ4n) is 2.37. The highest BCUT2D eigenvalue weighted by Gasteiger charge is 2.16. The summed E-state index contributed by atoms with van der Waals surface area (Å²) in [5, 5.41) is 2.90. The van der Waals surface area contributed by atoms with Crippen molar-refractivity contribution in [2.75, 3.05) is 34.0 Å². The summed E-state index contributed by atoms with van der Waals surface area (Å²) in [6.45, 7) is 2.16. The molecule has 0 bridgehead atoms. The van der Waals surface area contributed by atoms with Gasteiger partial charge in [0.2, 0.25) is 6.79 Å². The van der Waals surface area contributed by atoms with Crippen LogP contribution in [0.4, 0.5) is 0 Å². The second-order valence-corrected chi connectivity index (χ2v) is 6.05. The third-order valence-electron chi connectivity index (χ3n) is 3.82. The first kappa shape index (κ1) is 17.1. The largest absolute Gasteiger partial charge is 0.492 e. The van der Waals surface area contributed by atoms with Gasteiger partial charge in [0.1, 0.15) is 12.4 Å². The molecule has 6 heteroatoms. The van der Waals surface area contributed by atoms with E-state index in [4.69, 9.17) is 14.2 Å². The number of likely N-dealkylation sites (N-methyl/N-ethyl adjacent to an activating group) is 1. The van der Waals surface area contributed by atoms with Crippen LogP contribution in [0.15, 0.2) is 42.5 Å². The number of fused-ring (bicyclic) bond motifs is 1. The van der Waals surface area contributed by atoms with Crippen molar-refractivity contribution in [1.29, 1.82) is 0 Å². The van der Waals surface area contributed by atoms with Crippen molar-refractivity contribution in [2.24, 2.45) is 0 Å². The molecule has 0 saturated heterocycles. The normalized spacial score (nSPS) is 12.3. The van der Waals surface area contributed by atoms with E-state index in [1.807, 2.05) is 38.4 Å². The molecule has 25 heavy (non-hydrogen) atoms. The zero-order valence-electron chi connectivity index (χ0n) is 14.5. The molecule has 1 aliphatic rings. The molecule has 0 atom stereocenters. The van der Waals surface area contributed by atoms with Crippen LogP contribution in [-0.4, -0.2) is 44.8 Å². The van der Waals surface area contributed by atoms with Crippen LogP contribution in [0.5, 0.6) is 17.2 Å². The molecule has 2 aromatic rings. The van der Waals surface area contributed by atoms with Gasteiger partial charge in [-0.15, -0.1) is 0 Å². The van der Waals surface area contributed by atoms with Crippen molar-refractivity contribution in [1.82, 2.24) is 10.2 Å². The molecule has 0 radical (unpaired) electrons. The monoisotopic (exact) mass is 342 g/mol. The predicted molar refractivity (Wildman–Crippen MR) is 94.2 cm³/mol. The standard InChI is InChI=1S/C19H22N2O4/c1-21(2)9-10-23-16-6-3-14(4-7-16)12-20-19(22)15-5-8-17-18(11-15)25-13-24-17/h3-8,11H,9-10,12-13H2,1-2H3,(H,20,22). The predicted octanol–water partition coefficient (Wildman–Crippen LogP) is 2.29. The molecule has 1 heterocycles. The Morgan fingerprint density at radius 2 is 1.88 bits per heavy atom. The molecule has 1 aliphatic heterocycles. The summed E-state index contributed by atoms with van der Waals surface area (Å²) < 4.78 is 16.2. The van der Waals surface area contributed by atoms with E-state index in [9.17, 15) is 4.79 Å². The lowest BCUT2D eigenvalue weighted by Gasteiger charge is -2.11. The fourth-order valence-corrected chi connectivity index (χ4v) is 2.37. The molecular formula is C19H22N2O4. The van der Waals surface area contributed by atoms with E-state index in [1.54, 1.807) is 18.2 Å². The third-order valence-corrected chi connectivity index (χ3v) is 3.82. The van der Waals surface area contributed by atoms with Gasteiger partial charge in [-0.25, -0.2) is 0 Å². The Balaban J connectivity index is 1.50. The summed E-state index contributed by atoms with van der Waals surface area (Å²) in [4.78, 5) is 14.3. The second kappa shape index (κ2) is 7.90. The van der Waals surface area contributed by atoms with Gasteiger partial charge in [-0.2, -0.15) is 0 Å². The lowest BCUT2D eigenvalue weighted by molar-refractivity contribution is 0.0950. The first-order valence-electron chi connectivity index (χ1n) is 8.16. The van der Waals surface area contributed by atoms with E-state index in [-0.39, 0.29) is 12.7 Å². The third kappa shape index (κ3) is 4.64. The molecule has 0 aromatic heterocycles. The van der Waals surface area contributed by atoms with Crippen LogP contribution in [0, 0.1) is 0 Å². The SMILES string of the molecule is CN(C)CCOc1ccc(CNC(=O)c2ccc3c(c2)OCO3)cc1. The minimum atomic E-state index is -0.149. The zero-order chi connectivity index (χ0) is 17.6. The number of nitrogens with one attached hydrogen (secondary N) is 1. The average Bonchev–Trinajstić information content (AvgIpc) is 3.08. The molecule has 1 amide bonds. The van der Waals surface area contributed by atoms with Gasteiger partial charge < -0.3 is 24.4 Å². The number of hydrogen-bond acceptors (Lipinski definition) is 5. The Bertz CT molecular complexity index is 729. The van der Waals surface area contributed by atoms with Crippen LogP contribution in [0.25, 0.3) is 0 Å². The molecule has 6 nitrogen and oxygen atoms in total. The van der Waals surface area contributed by atoms with Crippen LogP contribution >= 0.6 is 0 Å². The van der Waals surface area contributed by atoms with E-state index in [0.29, 0.717) is 30.2 Å². The smallest absolute Gasteiger partial charge is 0.251 e. The fraction of sp³-hybridized carbons (Fsp3) is 0.316. The topological polar surface area (TPSA) is 60.0 Å². The Morgan fingerprint density at radius 3 is 2.64 bits per heavy atom. The lowest BCUT2D eigenvalue weighted by atomic mass is 10.1. The Kier molecular flexibility index (Phi) is 5.40. The van der Waals surface area contributed by atoms with E-state index in [2.05, 4.69) is 10.2 Å². The van der Waals surface area contributed by atoms with Crippen LogP contribution in [0.2, 0.25) is 0 Å². The zero-order valence-corrected chi connectivity index (χ0v) is 14.5. The summed E-state index contributed by atoms with van der Waals surface area (Å²) in [6, 6.07) is 12.9. The van der Waals surface area contributed by atoms with E-state index in [1.165, 1.54) is 0 Å². The number of ether oxygens (including phenoxy) is 3. The minimum Gasteiger partial charge on any atom is -0.492 e. The maximum atomic E-state index is 12.3. The summed E-state index contributed by atoms with van der Waals surface area (Å²) in [7, 11) is 4.02. The highest BCUT2D eigenvalue weighted by molar-refractivity contribution is 5.94. The average molecular weight is 342 g/mol. The van der Waals surface area contributed by atoms with Crippen LogP contribution < -0.4 is 19.5 Å². The first-order chi connectivity index (χ1) is 12.1. The van der Waals surface area contributed by atoms with Crippen molar-refractivity contribution in [3.05, 3.63) is 53.6 Å². The quantitative estimate of drug-likeness (QED) is 0.837. The van der Waals surface area contributed by atoms with Gasteiger partial charge in [-0.3, -0.25) is 4.79 Å². The summed E-state index contributed by atoms with van der Waals surface area (Å²) in [6.07, 6.45) is 0. The molecule has 2 aromatic carbocycles. The van der Waals surface area contributed by atoms with E-state index < -0.39 is 0 Å². The minimum absolute atomic E-state index is 0.149. The molecule has 132 valence electrons. The second-order valence-electron chi connectivity index (χ2n) is 6.05. The van der Waals surface area contributed by atoms with Gasteiger partial charge >= 0.3 is 0 Å². The van der Waals surface area contributed by atoms with Crippen LogP contribution in [0.3, 0.4) is 0 Å². The summed E-state index contributed by atoms with van der Waals surface area (Å²) in [5.41, 5.74) is 1.56. The first-order valence-corrected chi connectivity index (χ1v) is 8.16. The van der Waals surface area contributed by atoms with E-state index in [0.717, 1.165) is 17.9 Å². The van der Waals surface area contributed by atoms with Crippen molar-refractivity contribution in [2.45, 2.75) is 6.54 Å². The Morgan fingerprint density at radius 1 is 1.12 bits per heavy atom. The highest BCUT2D eigenvalue weighted by Crippen LogP contribution is 2.32. The van der Waals surface area contributed by atoms with Crippen molar-refractivity contribution in [3.8, 4) is 17.2 Å². The molecule has 1 N–H and O–H groups in total. The van der Waals surface area contributed by atoms with Gasteiger partial charge in [0.15, 0.2) is 11.5 Å². The Hall–Kier alpha value is -2.73. The maximum Gasteiger partial charge on any atom is 0.251 e. The van der Waals surface area contributed by atoms with E-state index >= 15 is 0 Å². The van der Waals surface area contributed by atoms with Gasteiger partial charge in [-0.05, 0) is 50.0 Å². The van der Waals surface area contributed by atoms with Crippen LogP contribution in [-0.2, 0) is 6.54 Å². The summed E-state index contributed by atoms with van der Waals surface area (Å²) >= 11 is 0. The number of carbonyl (C=O) groups excluding carboxylic acids is 1. The van der Waals surface area contributed by atoms with Gasteiger partial charge in [-0.1, -0.05) is 12.1 Å². The molecule has 0 aliphatic carbocycles. The number of amides is 1. The highest BCUT2D eigenvalue weighted by atomic mass is 16.7. The van der Waals surface area contributed by atoms with Crippen molar-refractivity contribution in [3.63, 3.8) is 0 Å². The number of hydrogen-bond donors (Lipinski definition) is 1. The van der Waals surface area contributed by atoms with Crippen LogP contribution in [0.1, 0.15) is 15.9 Å². The lowest BCUT2D eigenvalue weighted by Crippen LogP contribution is -2.22. The maximum absolute atomic E-state index is 12.3. The molecule has 0 fully saturated rings. The number of carbonyl (C=O) groups is 1.